The molecule has 2 aromatic carbocycles. The summed E-state index contributed by atoms with van der Waals surface area (Å²) in [5.41, 5.74) is 11.2. The Labute approximate surface area is 258 Å². The van der Waals surface area contributed by atoms with Crippen molar-refractivity contribution in [3.05, 3.63) is 96.6 Å². The summed E-state index contributed by atoms with van der Waals surface area (Å²) in [7, 11) is 0. The van der Waals surface area contributed by atoms with E-state index in [9.17, 15) is 26.3 Å². The zero-order chi connectivity index (χ0) is 26.9. The van der Waals surface area contributed by atoms with Crippen molar-refractivity contribution in [3.63, 3.8) is 0 Å². The molecule has 0 aliphatic carbocycles. The molecule has 0 unspecified atom stereocenters. The third-order valence-electron chi connectivity index (χ3n) is 5.25. The Hall–Kier alpha value is -2.98. The second-order valence-corrected chi connectivity index (χ2v) is 7.83. The third-order valence-corrected chi connectivity index (χ3v) is 5.25. The van der Waals surface area contributed by atoms with E-state index in [1.54, 1.807) is 36.4 Å². The standard InChI is InChI=1S/2C12H8F3N4.Eu/c2*13-12(14,15)19-7-11(17-18-19)10-6-5-8-3-1-2-4-9(8)16-10;/h2*1-6,17-18H;/q2*-1;+2. The molecule has 15 heteroatoms. The average Bonchev–Trinajstić information content (AvgIpc) is 3.59. The molecule has 0 atom stereocenters. The molecule has 1 radical (unpaired) electrons. The normalized spacial score (nSPS) is 15.1. The molecule has 6 rings (SSSR count). The molecule has 0 saturated heterocycles. The molecular formula is C24H16EuF6N8. The van der Waals surface area contributed by atoms with E-state index in [2.05, 4.69) is 33.2 Å². The van der Waals surface area contributed by atoms with Crippen LogP contribution in [-0.4, -0.2) is 32.6 Å². The van der Waals surface area contributed by atoms with Crippen molar-refractivity contribution in [2.45, 2.75) is 12.6 Å². The van der Waals surface area contributed by atoms with Crippen molar-refractivity contribution in [2.24, 2.45) is 0 Å². The van der Waals surface area contributed by atoms with Crippen LogP contribution in [0.15, 0.2) is 72.8 Å². The summed E-state index contributed by atoms with van der Waals surface area (Å²) in [6.07, 6.45) is -4.77. The fourth-order valence-corrected chi connectivity index (χ4v) is 3.47. The molecule has 2 aliphatic heterocycles. The maximum absolute atomic E-state index is 12.4. The number of aromatic nitrogens is 2. The minimum absolute atomic E-state index is 0. The van der Waals surface area contributed by atoms with Crippen molar-refractivity contribution in [2.75, 3.05) is 0 Å². The molecular weight excluding hydrogens is 666 g/mol. The van der Waals surface area contributed by atoms with Gasteiger partial charge in [-0.3, -0.25) is 10.0 Å². The van der Waals surface area contributed by atoms with Crippen LogP contribution in [0.5, 0.6) is 0 Å². The first-order valence-electron chi connectivity index (χ1n) is 10.8. The van der Waals surface area contributed by atoms with Crippen LogP contribution < -0.4 is 21.9 Å². The van der Waals surface area contributed by atoms with Gasteiger partial charge in [0.15, 0.2) is 0 Å². The first-order valence-corrected chi connectivity index (χ1v) is 10.8. The Kier molecular flexibility index (Phi) is 8.66. The van der Waals surface area contributed by atoms with Gasteiger partial charge in [-0.05, 0) is 22.9 Å². The molecule has 2 aliphatic rings. The predicted molar refractivity (Wildman–Crippen MR) is 125 cm³/mol. The minimum Gasteiger partial charge on any atom is -0.342 e. The van der Waals surface area contributed by atoms with E-state index in [0.717, 1.165) is 10.8 Å². The van der Waals surface area contributed by atoms with Gasteiger partial charge >= 0.3 is 62.0 Å². The number of nitrogens with one attached hydrogen (secondary N) is 4. The summed E-state index contributed by atoms with van der Waals surface area (Å²) in [4.78, 5) is 8.56. The summed E-state index contributed by atoms with van der Waals surface area (Å²) < 4.78 is 74.6. The smallest absolute Gasteiger partial charge is 0.342 e. The fraction of sp³-hybridized carbons (Fsp3) is 0.0833. The second kappa shape index (κ2) is 11.6. The summed E-state index contributed by atoms with van der Waals surface area (Å²) >= 11 is 0. The van der Waals surface area contributed by atoms with Crippen molar-refractivity contribution in [1.29, 1.82) is 0 Å². The largest absolute Gasteiger partial charge is 2.00 e. The maximum atomic E-state index is 12.4. The van der Waals surface area contributed by atoms with Crippen LogP contribution in [0.3, 0.4) is 0 Å². The van der Waals surface area contributed by atoms with Gasteiger partial charge in [-0.2, -0.15) is 37.4 Å². The second-order valence-electron chi connectivity index (χ2n) is 7.83. The molecule has 4 aromatic rings. The van der Waals surface area contributed by atoms with E-state index in [4.69, 9.17) is 0 Å². The summed E-state index contributed by atoms with van der Waals surface area (Å²) in [5.74, 6) is 0. The first-order chi connectivity index (χ1) is 18.1. The maximum Gasteiger partial charge on any atom is 2.00 e. The molecule has 0 saturated carbocycles. The minimum atomic E-state index is -4.54. The molecule has 201 valence electrons. The van der Waals surface area contributed by atoms with E-state index < -0.39 is 12.6 Å². The van der Waals surface area contributed by atoms with Gasteiger partial charge in [0.2, 0.25) is 0 Å². The van der Waals surface area contributed by atoms with Gasteiger partial charge in [0.25, 0.3) is 0 Å². The Balaban J connectivity index is 0.000000176. The Morgan fingerprint density at radius 2 is 0.949 bits per heavy atom. The number of rotatable bonds is 2. The van der Waals surface area contributed by atoms with Gasteiger partial charge in [-0.25, -0.2) is 0 Å². The number of hydrogen-bond donors (Lipinski definition) is 4. The van der Waals surface area contributed by atoms with Gasteiger partial charge in [-0.1, -0.05) is 71.3 Å². The molecule has 39 heavy (non-hydrogen) atoms. The van der Waals surface area contributed by atoms with E-state index in [1.807, 2.05) is 47.5 Å². The van der Waals surface area contributed by atoms with Crippen molar-refractivity contribution >= 4 is 33.2 Å². The number of fused-ring (bicyclic) bond motifs is 2. The van der Waals surface area contributed by atoms with Crippen LogP contribution >= 0.6 is 0 Å². The Morgan fingerprint density at radius 3 is 1.31 bits per heavy atom. The summed E-state index contributed by atoms with van der Waals surface area (Å²) in [6, 6.07) is 21.6. The first kappa shape index (κ1) is 29.0. The average molecular weight is 682 g/mol. The number of nitrogens with zero attached hydrogens (tertiary/aromatic N) is 4. The number of pyridine rings is 2. The SMILES string of the molecule is FC(F)(F)N1[C-]=C(c2ccc3ccccc3n2)NN1.FC(F)(F)N1[C-]=C(c2ccc3ccccc3n2)NN1.[Eu+2]. The molecule has 4 heterocycles. The Bertz CT molecular complexity index is 1420. The van der Waals surface area contributed by atoms with Crippen LogP contribution in [0.2, 0.25) is 0 Å². The number of benzene rings is 2. The fourth-order valence-electron chi connectivity index (χ4n) is 3.47. The van der Waals surface area contributed by atoms with Crippen LogP contribution in [0.1, 0.15) is 11.4 Å². The van der Waals surface area contributed by atoms with Crippen LogP contribution in [0.25, 0.3) is 33.2 Å². The van der Waals surface area contributed by atoms with Crippen LogP contribution in [0.4, 0.5) is 26.3 Å². The van der Waals surface area contributed by atoms with Crippen molar-refractivity contribution in [3.8, 4) is 0 Å². The van der Waals surface area contributed by atoms with E-state index in [1.165, 1.54) is 0 Å². The van der Waals surface area contributed by atoms with Gasteiger partial charge < -0.3 is 20.8 Å². The van der Waals surface area contributed by atoms with Crippen molar-refractivity contribution < 1.29 is 75.7 Å². The van der Waals surface area contributed by atoms with E-state index in [-0.39, 0.29) is 70.8 Å². The third kappa shape index (κ3) is 6.79. The van der Waals surface area contributed by atoms with Gasteiger partial charge in [0, 0.05) is 11.0 Å². The number of alkyl halides is 6. The monoisotopic (exact) mass is 683 g/mol. The van der Waals surface area contributed by atoms with Gasteiger partial charge in [0.1, 0.15) is 0 Å². The Morgan fingerprint density at radius 1 is 0.564 bits per heavy atom. The van der Waals surface area contributed by atoms with Gasteiger partial charge in [-0.15, -0.1) is 24.5 Å². The molecule has 0 spiro atoms. The summed E-state index contributed by atoms with van der Waals surface area (Å²) in [6.45, 7) is 0. The molecule has 0 amide bonds. The predicted octanol–water partition coefficient (Wildman–Crippen LogP) is 4.36. The zero-order valence-corrected chi connectivity index (χ0v) is 21.8. The van der Waals surface area contributed by atoms with E-state index in [0.29, 0.717) is 22.4 Å². The molecule has 0 fully saturated rings. The number of halogens is 6. The van der Waals surface area contributed by atoms with Crippen LogP contribution in [-0.2, 0) is 0 Å². The van der Waals surface area contributed by atoms with Crippen LogP contribution in [0, 0.1) is 61.8 Å². The van der Waals surface area contributed by atoms with Gasteiger partial charge in [0.05, 0.1) is 0 Å². The molecule has 8 nitrogen and oxygen atoms in total. The zero-order valence-electron chi connectivity index (χ0n) is 19.4. The summed E-state index contributed by atoms with van der Waals surface area (Å²) in [5, 5.41) is 1.68. The molecule has 0 bridgehead atoms. The molecule has 2 aromatic heterocycles. The van der Waals surface area contributed by atoms with Crippen molar-refractivity contribution in [1.82, 2.24) is 41.9 Å². The topological polar surface area (TPSA) is 80.4 Å². The molecule has 4 N–H and O–H groups in total. The quantitative estimate of drug-likeness (QED) is 0.141. The van der Waals surface area contributed by atoms with E-state index >= 15 is 0 Å². The number of hydrazine groups is 4. The number of hydrogen-bond acceptors (Lipinski definition) is 8. The number of para-hydroxylation sites is 2.